The number of fused-ring (bicyclic) bond motifs is 1. The minimum atomic E-state index is 0.118. The van der Waals surface area contributed by atoms with Gasteiger partial charge in [0.2, 0.25) is 5.91 Å². The predicted molar refractivity (Wildman–Crippen MR) is 90.0 cm³/mol. The minimum Gasteiger partial charge on any atom is -0.366 e. The summed E-state index contributed by atoms with van der Waals surface area (Å²) in [7, 11) is 2.12. The molecule has 1 aromatic carbocycles. The van der Waals surface area contributed by atoms with E-state index in [0.717, 1.165) is 25.2 Å². The molecule has 1 amide bonds. The molecule has 3 atom stereocenters. The summed E-state index contributed by atoms with van der Waals surface area (Å²) in [6.45, 7) is 7.87. The average Bonchev–Trinajstić information content (AvgIpc) is 2.76. The molecule has 3 rings (SSSR count). The first-order chi connectivity index (χ1) is 10.5. The van der Waals surface area contributed by atoms with Crippen LogP contribution in [-0.4, -0.2) is 49.2 Å². The number of rotatable bonds is 2. The Morgan fingerprint density at radius 1 is 1.27 bits per heavy atom. The first kappa shape index (κ1) is 15.3. The van der Waals surface area contributed by atoms with E-state index in [9.17, 15) is 4.79 Å². The highest BCUT2D eigenvalue weighted by Crippen LogP contribution is 2.36. The number of nitrogens with one attached hydrogen (secondary N) is 1. The number of amides is 1. The molecule has 5 nitrogen and oxygen atoms in total. The molecule has 120 valence electrons. The number of anilines is 2. The zero-order chi connectivity index (χ0) is 15.9. The number of hydrogen-bond donors (Lipinski definition) is 1. The molecule has 1 saturated heterocycles. The Bertz CT molecular complexity index is 561. The summed E-state index contributed by atoms with van der Waals surface area (Å²) in [4.78, 5) is 16.4. The van der Waals surface area contributed by atoms with Crippen LogP contribution < -0.4 is 15.2 Å². The molecule has 2 heterocycles. The standard InChI is InChI=1S/C17H26N4O/c1-12-9-15(19(4)18-12)11-20-10-13(2)21(14(3)22)17-8-6-5-7-16(17)20/h5-8,12-13,15,18H,9-11H2,1-4H3/t12?,13-,15?/m0/s1. The third kappa shape index (κ3) is 2.71. The first-order valence-electron chi connectivity index (χ1n) is 8.10. The Morgan fingerprint density at radius 2 is 1.95 bits per heavy atom. The van der Waals surface area contributed by atoms with Crippen LogP contribution in [0, 0.1) is 0 Å². The molecule has 2 aliphatic rings. The van der Waals surface area contributed by atoms with Crippen LogP contribution in [0.2, 0.25) is 0 Å². The molecular weight excluding hydrogens is 276 g/mol. The summed E-state index contributed by atoms with van der Waals surface area (Å²) < 4.78 is 0. The Labute approximate surface area is 132 Å². The van der Waals surface area contributed by atoms with Gasteiger partial charge in [-0.15, -0.1) is 0 Å². The number of carbonyl (C=O) groups excluding carboxylic acids is 1. The van der Waals surface area contributed by atoms with Crippen molar-refractivity contribution < 1.29 is 4.79 Å². The van der Waals surface area contributed by atoms with Crippen LogP contribution in [0.5, 0.6) is 0 Å². The maximum absolute atomic E-state index is 12.0. The predicted octanol–water partition coefficient (Wildman–Crippen LogP) is 1.85. The third-order valence-corrected chi connectivity index (χ3v) is 4.78. The molecule has 22 heavy (non-hydrogen) atoms. The third-order valence-electron chi connectivity index (χ3n) is 4.78. The number of likely N-dealkylation sites (N-methyl/N-ethyl adjacent to an activating group) is 1. The van der Waals surface area contributed by atoms with E-state index in [1.807, 2.05) is 11.0 Å². The summed E-state index contributed by atoms with van der Waals surface area (Å²) in [5.41, 5.74) is 5.67. The zero-order valence-corrected chi connectivity index (χ0v) is 13.9. The summed E-state index contributed by atoms with van der Waals surface area (Å²) in [5, 5.41) is 2.23. The molecule has 0 spiro atoms. The fourth-order valence-electron chi connectivity index (χ4n) is 3.85. The van der Waals surface area contributed by atoms with Crippen molar-refractivity contribution in [2.45, 2.75) is 45.3 Å². The second kappa shape index (κ2) is 5.89. The molecular formula is C17H26N4O. The molecule has 0 bridgehead atoms. The van der Waals surface area contributed by atoms with E-state index in [2.05, 4.69) is 54.4 Å². The lowest BCUT2D eigenvalue weighted by atomic mass is 10.0. The average molecular weight is 302 g/mol. The van der Waals surface area contributed by atoms with Gasteiger partial charge in [-0.2, -0.15) is 0 Å². The van der Waals surface area contributed by atoms with Gasteiger partial charge >= 0.3 is 0 Å². The van der Waals surface area contributed by atoms with Gasteiger partial charge in [0.1, 0.15) is 0 Å². The monoisotopic (exact) mass is 302 g/mol. The maximum Gasteiger partial charge on any atom is 0.224 e. The van der Waals surface area contributed by atoms with Crippen molar-refractivity contribution in [1.29, 1.82) is 0 Å². The SMILES string of the molecule is CC(=O)N1c2ccccc2N(CC2CC(C)NN2C)C[C@@H]1C. The normalized spacial score (nSPS) is 28.8. The Balaban J connectivity index is 1.87. The van der Waals surface area contributed by atoms with Crippen molar-refractivity contribution in [1.82, 2.24) is 10.4 Å². The lowest BCUT2D eigenvalue weighted by Crippen LogP contribution is -2.52. The van der Waals surface area contributed by atoms with Gasteiger partial charge in [0.25, 0.3) is 0 Å². The molecule has 0 radical (unpaired) electrons. The van der Waals surface area contributed by atoms with Crippen molar-refractivity contribution >= 4 is 17.3 Å². The highest BCUT2D eigenvalue weighted by Gasteiger charge is 2.34. The number of nitrogens with zero attached hydrogens (tertiary/aromatic N) is 3. The first-order valence-corrected chi connectivity index (χ1v) is 8.10. The number of carbonyl (C=O) groups is 1. The van der Waals surface area contributed by atoms with E-state index in [-0.39, 0.29) is 11.9 Å². The molecule has 0 aliphatic carbocycles. The van der Waals surface area contributed by atoms with Gasteiger partial charge in [0.05, 0.1) is 17.4 Å². The van der Waals surface area contributed by atoms with E-state index >= 15 is 0 Å². The van der Waals surface area contributed by atoms with Crippen LogP contribution in [0.25, 0.3) is 0 Å². The van der Waals surface area contributed by atoms with Crippen LogP contribution in [-0.2, 0) is 4.79 Å². The van der Waals surface area contributed by atoms with Gasteiger partial charge < -0.3 is 9.80 Å². The molecule has 0 aromatic heterocycles. The number of benzene rings is 1. The quantitative estimate of drug-likeness (QED) is 0.905. The summed E-state index contributed by atoms with van der Waals surface area (Å²) in [6.07, 6.45) is 1.15. The molecule has 1 N–H and O–H groups in total. The Kier molecular flexibility index (Phi) is 4.10. The van der Waals surface area contributed by atoms with E-state index in [4.69, 9.17) is 0 Å². The maximum atomic E-state index is 12.0. The number of para-hydroxylation sites is 2. The van der Waals surface area contributed by atoms with Gasteiger partial charge in [-0.05, 0) is 32.4 Å². The molecule has 0 saturated carbocycles. The fourth-order valence-corrected chi connectivity index (χ4v) is 3.85. The summed E-state index contributed by atoms with van der Waals surface area (Å²) in [5.74, 6) is 0.118. The minimum absolute atomic E-state index is 0.118. The van der Waals surface area contributed by atoms with Crippen LogP contribution in [0.3, 0.4) is 0 Å². The second-order valence-electron chi connectivity index (χ2n) is 6.66. The highest BCUT2D eigenvalue weighted by molar-refractivity contribution is 5.97. The number of hydrazine groups is 1. The highest BCUT2D eigenvalue weighted by atomic mass is 16.2. The lowest BCUT2D eigenvalue weighted by molar-refractivity contribution is -0.117. The summed E-state index contributed by atoms with van der Waals surface area (Å²) >= 11 is 0. The van der Waals surface area contributed by atoms with E-state index in [1.54, 1.807) is 6.92 Å². The van der Waals surface area contributed by atoms with Crippen molar-refractivity contribution in [3.63, 3.8) is 0 Å². The lowest BCUT2D eigenvalue weighted by Gasteiger charge is -2.43. The molecule has 1 fully saturated rings. The molecule has 5 heteroatoms. The topological polar surface area (TPSA) is 38.8 Å². The molecule has 2 unspecified atom stereocenters. The van der Waals surface area contributed by atoms with E-state index < -0.39 is 0 Å². The van der Waals surface area contributed by atoms with Gasteiger partial charge in [-0.25, -0.2) is 5.01 Å². The van der Waals surface area contributed by atoms with E-state index in [1.165, 1.54) is 5.69 Å². The van der Waals surface area contributed by atoms with Crippen molar-refractivity contribution in [3.8, 4) is 0 Å². The van der Waals surface area contributed by atoms with Gasteiger partial charge in [-0.3, -0.25) is 10.2 Å². The van der Waals surface area contributed by atoms with Crippen molar-refractivity contribution in [2.24, 2.45) is 0 Å². The van der Waals surface area contributed by atoms with Crippen LogP contribution in [0.15, 0.2) is 24.3 Å². The van der Waals surface area contributed by atoms with Crippen molar-refractivity contribution in [3.05, 3.63) is 24.3 Å². The van der Waals surface area contributed by atoms with Gasteiger partial charge in [0.15, 0.2) is 0 Å². The Hall–Kier alpha value is -1.59. The Morgan fingerprint density at radius 3 is 2.55 bits per heavy atom. The van der Waals surface area contributed by atoms with Crippen LogP contribution in [0.4, 0.5) is 11.4 Å². The van der Waals surface area contributed by atoms with Gasteiger partial charge in [0, 0.05) is 39.1 Å². The molecule has 2 aliphatic heterocycles. The number of hydrogen-bond acceptors (Lipinski definition) is 4. The molecule has 1 aromatic rings. The van der Waals surface area contributed by atoms with Gasteiger partial charge in [-0.1, -0.05) is 12.1 Å². The second-order valence-corrected chi connectivity index (χ2v) is 6.66. The summed E-state index contributed by atoms with van der Waals surface area (Å²) in [6, 6.07) is 9.47. The van der Waals surface area contributed by atoms with E-state index in [0.29, 0.717) is 12.1 Å². The van der Waals surface area contributed by atoms with Crippen LogP contribution in [0.1, 0.15) is 27.2 Å². The largest absolute Gasteiger partial charge is 0.366 e. The fraction of sp³-hybridized carbons (Fsp3) is 0.588. The van der Waals surface area contributed by atoms with Crippen molar-refractivity contribution in [2.75, 3.05) is 29.9 Å². The zero-order valence-electron chi connectivity index (χ0n) is 13.9. The smallest absolute Gasteiger partial charge is 0.224 e. The van der Waals surface area contributed by atoms with Crippen LogP contribution >= 0.6 is 0 Å².